The highest BCUT2D eigenvalue weighted by Gasteiger charge is 2.33. The molecule has 96 valence electrons. The number of hydrogen-bond acceptors (Lipinski definition) is 1. The fraction of sp³-hybridized carbons (Fsp3) is 0.182. The molecule has 2 rings (SSSR count). The van der Waals surface area contributed by atoms with Crippen molar-refractivity contribution in [2.75, 3.05) is 0 Å². The summed E-state index contributed by atoms with van der Waals surface area (Å²) in [4.78, 5) is 0. The summed E-state index contributed by atoms with van der Waals surface area (Å²) in [5, 5.41) is 4.05. The van der Waals surface area contributed by atoms with Crippen LogP contribution in [0, 0.1) is 0 Å². The van der Waals surface area contributed by atoms with E-state index in [0.29, 0.717) is 11.4 Å². The molecule has 0 radical (unpaired) electrons. The molecule has 18 heavy (non-hydrogen) atoms. The zero-order valence-electron chi connectivity index (χ0n) is 8.88. The lowest BCUT2D eigenvalue weighted by atomic mass is 10.2. The smallest absolute Gasteiger partial charge is 0.241 e. The van der Waals surface area contributed by atoms with Gasteiger partial charge in [-0.25, -0.2) is 4.68 Å². The second-order valence-electron chi connectivity index (χ2n) is 3.55. The van der Waals surface area contributed by atoms with Crippen LogP contribution in [0.2, 0.25) is 0 Å². The van der Waals surface area contributed by atoms with Gasteiger partial charge in [-0.05, 0) is 24.3 Å². The second kappa shape index (κ2) is 4.93. The summed E-state index contributed by atoms with van der Waals surface area (Å²) in [5.41, 5.74) is 0.206. The Bertz CT molecular complexity index is 566. The van der Waals surface area contributed by atoms with Crippen LogP contribution >= 0.6 is 27.5 Å². The van der Waals surface area contributed by atoms with Crippen LogP contribution < -0.4 is 0 Å². The van der Waals surface area contributed by atoms with E-state index < -0.39 is 11.7 Å². The van der Waals surface area contributed by atoms with Crippen molar-refractivity contribution in [1.29, 1.82) is 0 Å². The van der Waals surface area contributed by atoms with Gasteiger partial charge in [-0.15, -0.1) is 11.6 Å². The minimum absolute atomic E-state index is 0.00322. The average Bonchev–Trinajstić information content (AvgIpc) is 2.76. The molecule has 0 aliphatic carbocycles. The van der Waals surface area contributed by atoms with E-state index in [1.54, 1.807) is 18.3 Å². The number of halogens is 5. The predicted molar refractivity (Wildman–Crippen MR) is 65.8 cm³/mol. The van der Waals surface area contributed by atoms with Gasteiger partial charge >= 0.3 is 6.18 Å². The van der Waals surface area contributed by atoms with Crippen LogP contribution in [-0.2, 0) is 12.1 Å². The lowest BCUT2D eigenvalue weighted by molar-refractivity contribution is -0.138. The summed E-state index contributed by atoms with van der Waals surface area (Å²) < 4.78 is 39.6. The highest BCUT2D eigenvalue weighted by Crippen LogP contribution is 2.35. The first-order valence-corrected chi connectivity index (χ1v) is 6.22. The van der Waals surface area contributed by atoms with Crippen molar-refractivity contribution in [3.8, 4) is 5.69 Å². The van der Waals surface area contributed by atoms with E-state index in [9.17, 15) is 13.2 Å². The van der Waals surface area contributed by atoms with Gasteiger partial charge in [-0.1, -0.05) is 15.9 Å². The van der Waals surface area contributed by atoms with E-state index in [0.717, 1.165) is 6.07 Å². The first kappa shape index (κ1) is 13.4. The fourth-order valence-electron chi connectivity index (χ4n) is 1.45. The molecule has 0 aliphatic heterocycles. The SMILES string of the molecule is FC(F)(F)c1cc(-n2ccc(CCl)n2)ccc1Br. The van der Waals surface area contributed by atoms with Crippen LogP contribution in [0.1, 0.15) is 11.3 Å². The van der Waals surface area contributed by atoms with Crippen molar-refractivity contribution in [2.24, 2.45) is 0 Å². The van der Waals surface area contributed by atoms with Gasteiger partial charge in [-0.3, -0.25) is 0 Å². The normalized spacial score (nSPS) is 11.8. The Balaban J connectivity index is 2.47. The zero-order chi connectivity index (χ0) is 13.3. The molecule has 0 fully saturated rings. The van der Waals surface area contributed by atoms with Crippen molar-refractivity contribution in [1.82, 2.24) is 9.78 Å². The molecule has 0 unspecified atom stereocenters. The Kier molecular flexibility index (Phi) is 3.68. The van der Waals surface area contributed by atoms with E-state index >= 15 is 0 Å². The maximum absolute atomic E-state index is 12.7. The number of nitrogens with zero attached hydrogens (tertiary/aromatic N) is 2. The number of alkyl halides is 4. The molecule has 0 saturated heterocycles. The first-order chi connectivity index (χ1) is 8.41. The highest BCUT2D eigenvalue weighted by molar-refractivity contribution is 9.10. The average molecular weight is 340 g/mol. The van der Waals surface area contributed by atoms with Crippen LogP contribution in [0.4, 0.5) is 13.2 Å². The van der Waals surface area contributed by atoms with Crippen molar-refractivity contribution >= 4 is 27.5 Å². The largest absolute Gasteiger partial charge is 0.417 e. The Morgan fingerprint density at radius 2 is 2.00 bits per heavy atom. The first-order valence-electron chi connectivity index (χ1n) is 4.89. The molecule has 1 aromatic carbocycles. The summed E-state index contributed by atoms with van der Waals surface area (Å²) in [6.45, 7) is 0. The third-order valence-corrected chi connectivity index (χ3v) is 3.27. The van der Waals surface area contributed by atoms with E-state index in [-0.39, 0.29) is 10.4 Å². The number of aromatic nitrogens is 2. The molecular weight excluding hydrogens is 332 g/mol. The van der Waals surface area contributed by atoms with E-state index in [1.165, 1.54) is 10.7 Å². The van der Waals surface area contributed by atoms with Gasteiger partial charge in [0.2, 0.25) is 0 Å². The van der Waals surface area contributed by atoms with Gasteiger partial charge in [0.1, 0.15) is 0 Å². The second-order valence-corrected chi connectivity index (χ2v) is 4.67. The Hall–Kier alpha value is -1.01. The summed E-state index contributed by atoms with van der Waals surface area (Å²) in [5.74, 6) is 0.218. The third-order valence-electron chi connectivity index (χ3n) is 2.30. The molecule has 2 nitrogen and oxygen atoms in total. The molecule has 1 heterocycles. The zero-order valence-corrected chi connectivity index (χ0v) is 11.2. The van der Waals surface area contributed by atoms with Gasteiger partial charge in [0.25, 0.3) is 0 Å². The van der Waals surface area contributed by atoms with Crippen LogP contribution in [0.5, 0.6) is 0 Å². The molecule has 2 aromatic rings. The van der Waals surface area contributed by atoms with Gasteiger partial charge in [0.15, 0.2) is 0 Å². The summed E-state index contributed by atoms with van der Waals surface area (Å²) in [6.07, 6.45) is -2.83. The lowest BCUT2D eigenvalue weighted by Gasteiger charge is -2.11. The molecule has 0 aliphatic rings. The molecule has 0 atom stereocenters. The molecule has 0 N–H and O–H groups in total. The van der Waals surface area contributed by atoms with Gasteiger partial charge in [-0.2, -0.15) is 18.3 Å². The van der Waals surface area contributed by atoms with Gasteiger partial charge < -0.3 is 0 Å². The Morgan fingerprint density at radius 3 is 2.56 bits per heavy atom. The predicted octanol–water partition coefficient (Wildman–Crippen LogP) is 4.39. The van der Waals surface area contributed by atoms with Crippen molar-refractivity contribution in [3.63, 3.8) is 0 Å². The maximum Gasteiger partial charge on any atom is 0.417 e. The molecule has 0 bridgehead atoms. The summed E-state index contributed by atoms with van der Waals surface area (Å²) >= 11 is 8.48. The van der Waals surface area contributed by atoms with Crippen molar-refractivity contribution in [3.05, 3.63) is 46.2 Å². The van der Waals surface area contributed by atoms with Crippen molar-refractivity contribution < 1.29 is 13.2 Å². The van der Waals surface area contributed by atoms with Crippen LogP contribution in [0.3, 0.4) is 0 Å². The summed E-state index contributed by atoms with van der Waals surface area (Å²) in [6, 6.07) is 5.59. The third kappa shape index (κ3) is 2.70. The number of benzene rings is 1. The highest BCUT2D eigenvalue weighted by atomic mass is 79.9. The van der Waals surface area contributed by atoms with E-state index in [4.69, 9.17) is 11.6 Å². The number of rotatable bonds is 2. The van der Waals surface area contributed by atoms with Crippen LogP contribution in [0.25, 0.3) is 5.69 Å². The van der Waals surface area contributed by atoms with Crippen molar-refractivity contribution in [2.45, 2.75) is 12.1 Å². The van der Waals surface area contributed by atoms with Crippen LogP contribution in [0.15, 0.2) is 34.9 Å². The van der Waals surface area contributed by atoms with Gasteiger partial charge in [0, 0.05) is 10.7 Å². The Morgan fingerprint density at radius 1 is 1.28 bits per heavy atom. The molecule has 0 saturated carbocycles. The monoisotopic (exact) mass is 338 g/mol. The standard InChI is InChI=1S/C11H7BrClF3N2/c12-10-2-1-8(5-9(10)11(14,15)16)18-4-3-7(6-13)17-18/h1-5H,6H2. The molecular formula is C11H7BrClF3N2. The lowest BCUT2D eigenvalue weighted by Crippen LogP contribution is -2.07. The summed E-state index contributed by atoms with van der Waals surface area (Å²) in [7, 11) is 0. The Labute approximate surface area is 114 Å². The fourth-order valence-corrected chi connectivity index (χ4v) is 2.06. The minimum Gasteiger partial charge on any atom is -0.241 e. The molecule has 1 aromatic heterocycles. The topological polar surface area (TPSA) is 17.8 Å². The number of hydrogen-bond donors (Lipinski definition) is 0. The maximum atomic E-state index is 12.7. The van der Waals surface area contributed by atoms with E-state index in [2.05, 4.69) is 21.0 Å². The van der Waals surface area contributed by atoms with Gasteiger partial charge in [0.05, 0.1) is 22.8 Å². The molecule has 7 heteroatoms. The molecule has 0 amide bonds. The van der Waals surface area contributed by atoms with E-state index in [1.807, 2.05) is 0 Å². The quantitative estimate of drug-likeness (QED) is 0.742. The molecule has 0 spiro atoms. The minimum atomic E-state index is -4.41. The van der Waals surface area contributed by atoms with Crippen LogP contribution in [-0.4, -0.2) is 9.78 Å².